The summed E-state index contributed by atoms with van der Waals surface area (Å²) in [7, 11) is 0. The Kier molecular flexibility index (Phi) is 9.02. The molecule has 2 aromatic heterocycles. The average molecular weight is 459 g/mol. The summed E-state index contributed by atoms with van der Waals surface area (Å²) in [6.07, 6.45) is 2.29. The average Bonchev–Trinajstić information content (AvgIpc) is 3.16. The van der Waals surface area contributed by atoms with Crippen LogP contribution in [0.15, 0.2) is 46.6 Å². The van der Waals surface area contributed by atoms with E-state index >= 15 is 0 Å². The quantitative estimate of drug-likeness (QED) is 0.309. The highest BCUT2D eigenvalue weighted by atomic mass is 32.2. The van der Waals surface area contributed by atoms with Crippen molar-refractivity contribution in [1.29, 1.82) is 0 Å². The number of nitrogens with zero attached hydrogens (tertiary/aromatic N) is 4. The maximum Gasteiger partial charge on any atom is 0.220 e. The molecule has 0 aliphatic heterocycles. The lowest BCUT2D eigenvalue weighted by Gasteiger charge is -2.11. The molecule has 2 N–H and O–H groups in total. The molecule has 0 spiro atoms. The Bertz CT molecular complexity index is 977. The highest BCUT2D eigenvalue weighted by Crippen LogP contribution is 2.24. The fourth-order valence-electron chi connectivity index (χ4n) is 2.90. The second-order valence-electron chi connectivity index (χ2n) is 7.43. The molecule has 7 nitrogen and oxygen atoms in total. The van der Waals surface area contributed by atoms with Gasteiger partial charge in [-0.15, -0.1) is 11.8 Å². The van der Waals surface area contributed by atoms with E-state index in [1.54, 1.807) is 29.7 Å². The van der Waals surface area contributed by atoms with E-state index in [0.717, 1.165) is 40.1 Å². The minimum atomic E-state index is 0.0519. The number of carbonyl (C=O) groups is 1. The predicted octanol–water partition coefficient (Wildman–Crippen LogP) is 4.30. The molecule has 2 heterocycles. The van der Waals surface area contributed by atoms with Crippen LogP contribution in [0.4, 0.5) is 5.82 Å². The van der Waals surface area contributed by atoms with Crippen LogP contribution in [-0.4, -0.2) is 50.3 Å². The molecular weight excluding hydrogens is 428 g/mol. The summed E-state index contributed by atoms with van der Waals surface area (Å²) in [6, 6.07) is 10.1. The summed E-state index contributed by atoms with van der Waals surface area (Å²) in [5.41, 5.74) is 0.797. The zero-order chi connectivity index (χ0) is 22.1. The maximum absolute atomic E-state index is 12.2. The van der Waals surface area contributed by atoms with Crippen molar-refractivity contribution >= 4 is 46.3 Å². The molecule has 0 aliphatic carbocycles. The van der Waals surface area contributed by atoms with Gasteiger partial charge in [0.15, 0.2) is 10.8 Å². The molecule has 0 unspecified atom stereocenters. The molecule has 3 aromatic rings. The maximum atomic E-state index is 12.2. The molecule has 0 radical (unpaired) electrons. The largest absolute Gasteiger partial charge is 0.369 e. The number of fused-ring (bicyclic) bond motifs is 1. The number of benzene rings is 1. The summed E-state index contributed by atoms with van der Waals surface area (Å²) >= 11 is 3.30. The van der Waals surface area contributed by atoms with Gasteiger partial charge in [-0.2, -0.15) is 5.10 Å². The van der Waals surface area contributed by atoms with Crippen molar-refractivity contribution in [3.8, 4) is 0 Å². The standard InChI is InChI=1S/C22H30N6OS2/c1-4-30-22-26-20(24-14-16(2)3)18-15-25-28(21(18)27-22)12-11-23-19(29)10-13-31-17-8-6-5-7-9-17/h5-9,15-16H,4,10-14H2,1-3H3,(H,23,29)(H,24,26,27). The van der Waals surface area contributed by atoms with Crippen LogP contribution < -0.4 is 10.6 Å². The van der Waals surface area contributed by atoms with Gasteiger partial charge in [0.2, 0.25) is 5.91 Å². The van der Waals surface area contributed by atoms with Gasteiger partial charge >= 0.3 is 0 Å². The van der Waals surface area contributed by atoms with Gasteiger partial charge in [-0.1, -0.05) is 50.7 Å². The van der Waals surface area contributed by atoms with Crippen LogP contribution in [-0.2, 0) is 11.3 Å². The van der Waals surface area contributed by atoms with E-state index < -0.39 is 0 Å². The van der Waals surface area contributed by atoms with Crippen LogP contribution in [0.3, 0.4) is 0 Å². The molecule has 0 fully saturated rings. The van der Waals surface area contributed by atoms with Crippen LogP contribution in [0, 0.1) is 5.92 Å². The van der Waals surface area contributed by atoms with Crippen molar-refractivity contribution in [3.63, 3.8) is 0 Å². The molecule has 0 aliphatic rings. The summed E-state index contributed by atoms with van der Waals surface area (Å²) < 4.78 is 1.84. The van der Waals surface area contributed by atoms with Crippen molar-refractivity contribution in [2.75, 3.05) is 29.9 Å². The number of aromatic nitrogens is 4. The Labute approximate surface area is 192 Å². The molecule has 0 atom stereocenters. The number of nitrogens with one attached hydrogen (secondary N) is 2. The molecule has 1 aromatic carbocycles. The van der Waals surface area contributed by atoms with Gasteiger partial charge < -0.3 is 10.6 Å². The smallest absolute Gasteiger partial charge is 0.220 e. The van der Waals surface area contributed by atoms with Gasteiger partial charge in [-0.05, 0) is 23.8 Å². The molecule has 1 amide bonds. The molecular formula is C22H30N6OS2. The Morgan fingerprint density at radius 3 is 2.71 bits per heavy atom. The van der Waals surface area contributed by atoms with Gasteiger partial charge in [-0.3, -0.25) is 4.79 Å². The lowest BCUT2D eigenvalue weighted by molar-refractivity contribution is -0.120. The Morgan fingerprint density at radius 1 is 1.16 bits per heavy atom. The van der Waals surface area contributed by atoms with Gasteiger partial charge in [0.25, 0.3) is 0 Å². The molecule has 3 rings (SSSR count). The van der Waals surface area contributed by atoms with E-state index in [1.807, 2.05) is 22.9 Å². The van der Waals surface area contributed by atoms with E-state index in [9.17, 15) is 4.79 Å². The first-order valence-electron chi connectivity index (χ1n) is 10.6. The van der Waals surface area contributed by atoms with Gasteiger partial charge in [0.05, 0.1) is 18.1 Å². The highest BCUT2D eigenvalue weighted by Gasteiger charge is 2.13. The highest BCUT2D eigenvalue weighted by molar-refractivity contribution is 7.99. The topological polar surface area (TPSA) is 84.7 Å². The number of amides is 1. The SMILES string of the molecule is CCSc1nc(NCC(C)C)c2cnn(CCNC(=O)CCSc3ccccc3)c2n1. The van der Waals surface area contributed by atoms with Crippen molar-refractivity contribution in [1.82, 2.24) is 25.1 Å². The second-order valence-corrected chi connectivity index (χ2v) is 9.83. The van der Waals surface area contributed by atoms with E-state index in [2.05, 4.69) is 58.6 Å². The Balaban J connectivity index is 1.56. The molecule has 9 heteroatoms. The normalized spacial score (nSPS) is 11.2. The lowest BCUT2D eigenvalue weighted by atomic mass is 10.2. The number of thioether (sulfide) groups is 2. The fourth-order valence-corrected chi connectivity index (χ4v) is 4.33. The van der Waals surface area contributed by atoms with Gasteiger partial charge in [-0.25, -0.2) is 14.6 Å². The monoisotopic (exact) mass is 458 g/mol. The lowest BCUT2D eigenvalue weighted by Crippen LogP contribution is -2.27. The van der Waals surface area contributed by atoms with E-state index in [-0.39, 0.29) is 5.91 Å². The molecule has 0 saturated carbocycles. The first kappa shape index (κ1) is 23.4. The first-order chi connectivity index (χ1) is 15.1. The zero-order valence-corrected chi connectivity index (χ0v) is 19.9. The zero-order valence-electron chi connectivity index (χ0n) is 18.3. The molecule has 166 valence electrons. The number of rotatable bonds is 12. The van der Waals surface area contributed by atoms with Crippen LogP contribution >= 0.6 is 23.5 Å². The molecule has 0 saturated heterocycles. The first-order valence-corrected chi connectivity index (χ1v) is 12.6. The third-order valence-electron chi connectivity index (χ3n) is 4.41. The second kappa shape index (κ2) is 12.0. The van der Waals surface area contributed by atoms with Crippen molar-refractivity contribution in [2.45, 2.75) is 43.8 Å². The predicted molar refractivity (Wildman–Crippen MR) is 130 cm³/mol. The summed E-state index contributed by atoms with van der Waals surface area (Å²) in [5.74, 6) is 3.05. The Hall–Kier alpha value is -2.26. The van der Waals surface area contributed by atoms with E-state index in [4.69, 9.17) is 0 Å². The fraction of sp³-hybridized carbons (Fsp3) is 0.455. The van der Waals surface area contributed by atoms with Crippen molar-refractivity contribution in [3.05, 3.63) is 36.5 Å². The van der Waals surface area contributed by atoms with E-state index in [1.165, 1.54) is 4.90 Å². The van der Waals surface area contributed by atoms with Gasteiger partial charge in [0.1, 0.15) is 5.82 Å². The minimum Gasteiger partial charge on any atom is -0.369 e. The number of anilines is 1. The van der Waals surface area contributed by atoms with E-state index in [0.29, 0.717) is 25.4 Å². The number of hydrogen-bond acceptors (Lipinski definition) is 7. The third kappa shape index (κ3) is 7.14. The number of hydrogen-bond donors (Lipinski definition) is 2. The summed E-state index contributed by atoms with van der Waals surface area (Å²) in [5, 5.41) is 12.6. The van der Waals surface area contributed by atoms with Crippen molar-refractivity contribution in [2.24, 2.45) is 5.92 Å². The van der Waals surface area contributed by atoms with Crippen LogP contribution in [0.25, 0.3) is 11.0 Å². The molecule has 31 heavy (non-hydrogen) atoms. The molecule has 0 bridgehead atoms. The minimum absolute atomic E-state index is 0.0519. The number of carbonyl (C=O) groups excluding carboxylic acids is 1. The van der Waals surface area contributed by atoms with Crippen LogP contribution in [0.1, 0.15) is 27.2 Å². The summed E-state index contributed by atoms with van der Waals surface area (Å²) in [6.45, 7) is 8.33. The van der Waals surface area contributed by atoms with Gasteiger partial charge in [0, 0.05) is 30.2 Å². The van der Waals surface area contributed by atoms with Crippen molar-refractivity contribution < 1.29 is 4.79 Å². The third-order valence-corrected chi connectivity index (χ3v) is 6.16. The van der Waals surface area contributed by atoms with Crippen LogP contribution in [0.2, 0.25) is 0 Å². The Morgan fingerprint density at radius 2 is 1.97 bits per heavy atom. The summed E-state index contributed by atoms with van der Waals surface area (Å²) in [4.78, 5) is 22.7. The van der Waals surface area contributed by atoms with Crippen LogP contribution in [0.5, 0.6) is 0 Å².